The number of nitrogens with one attached hydrogen (secondary N) is 1. The molecule has 1 N–H and O–H groups in total. The average Bonchev–Trinajstić information content (AvgIpc) is 2.58. The van der Waals surface area contributed by atoms with Gasteiger partial charge >= 0.3 is 0 Å². The summed E-state index contributed by atoms with van der Waals surface area (Å²) in [5, 5.41) is 3.12. The lowest BCUT2D eigenvalue weighted by Gasteiger charge is -2.22. The number of hydrogen-bond acceptors (Lipinski definition) is 2. The molecule has 24 heavy (non-hydrogen) atoms. The lowest BCUT2D eigenvalue weighted by Crippen LogP contribution is -2.39. The van der Waals surface area contributed by atoms with Crippen molar-refractivity contribution in [2.45, 2.75) is 52.7 Å². The number of hydrogen-bond donors (Lipinski definition) is 1. The number of carbonyl (C=O) groups is 1. The van der Waals surface area contributed by atoms with Crippen LogP contribution in [0.3, 0.4) is 0 Å². The van der Waals surface area contributed by atoms with E-state index in [0.717, 1.165) is 23.3 Å². The highest BCUT2D eigenvalue weighted by atomic mass is 16.5. The second-order valence-corrected chi connectivity index (χ2v) is 6.21. The van der Waals surface area contributed by atoms with Gasteiger partial charge in [-0.05, 0) is 49.9 Å². The molecule has 0 aliphatic rings. The van der Waals surface area contributed by atoms with Gasteiger partial charge in [0.2, 0.25) is 0 Å². The number of carbonyl (C=O) groups excluding carboxylic acids is 1. The molecule has 0 saturated heterocycles. The molecule has 0 heterocycles. The summed E-state index contributed by atoms with van der Waals surface area (Å²) in [4.78, 5) is 12.6. The number of ether oxygens (including phenoxy) is 1. The molecule has 0 fully saturated rings. The predicted molar refractivity (Wildman–Crippen MR) is 98.2 cm³/mol. The van der Waals surface area contributed by atoms with Gasteiger partial charge in [-0.1, -0.05) is 55.8 Å². The summed E-state index contributed by atoms with van der Waals surface area (Å²) < 4.78 is 5.89. The van der Waals surface area contributed by atoms with Crippen molar-refractivity contribution in [3.05, 3.63) is 65.2 Å². The van der Waals surface area contributed by atoms with Crippen molar-refractivity contribution in [3.8, 4) is 5.75 Å². The van der Waals surface area contributed by atoms with Crippen LogP contribution in [0.15, 0.2) is 48.5 Å². The molecule has 0 aromatic heterocycles. The lowest BCUT2D eigenvalue weighted by molar-refractivity contribution is -0.128. The minimum absolute atomic E-state index is 0.00765. The fraction of sp³-hybridized carbons (Fsp3) is 0.381. The molecule has 0 saturated carbocycles. The normalized spacial score (nSPS) is 13.2. The Morgan fingerprint density at radius 2 is 1.71 bits per heavy atom. The van der Waals surface area contributed by atoms with Crippen LogP contribution in [0.2, 0.25) is 0 Å². The SMILES string of the molecule is CCC(Oc1cccc(C)c1)C(=O)NC(CC)c1ccc(C)cc1. The van der Waals surface area contributed by atoms with Crippen molar-refractivity contribution in [3.63, 3.8) is 0 Å². The van der Waals surface area contributed by atoms with Gasteiger partial charge in [-0.15, -0.1) is 0 Å². The van der Waals surface area contributed by atoms with Crippen molar-refractivity contribution >= 4 is 5.91 Å². The second-order valence-electron chi connectivity index (χ2n) is 6.21. The summed E-state index contributed by atoms with van der Waals surface area (Å²) in [6.45, 7) is 8.12. The summed E-state index contributed by atoms with van der Waals surface area (Å²) >= 11 is 0. The number of amides is 1. The van der Waals surface area contributed by atoms with Crippen LogP contribution >= 0.6 is 0 Å². The first-order valence-electron chi connectivity index (χ1n) is 8.63. The molecule has 2 unspecified atom stereocenters. The van der Waals surface area contributed by atoms with E-state index in [1.165, 1.54) is 5.56 Å². The highest BCUT2D eigenvalue weighted by molar-refractivity contribution is 5.81. The summed E-state index contributed by atoms with van der Waals surface area (Å²) in [5.41, 5.74) is 3.46. The lowest BCUT2D eigenvalue weighted by atomic mass is 10.0. The number of benzene rings is 2. The maximum absolute atomic E-state index is 12.6. The van der Waals surface area contributed by atoms with E-state index in [2.05, 4.69) is 43.4 Å². The molecular weight excluding hydrogens is 298 g/mol. The quantitative estimate of drug-likeness (QED) is 0.799. The first kappa shape index (κ1) is 18.1. The third kappa shape index (κ3) is 4.85. The molecule has 0 aliphatic carbocycles. The third-order valence-corrected chi connectivity index (χ3v) is 4.14. The van der Waals surface area contributed by atoms with Gasteiger partial charge in [0.15, 0.2) is 6.10 Å². The van der Waals surface area contributed by atoms with Gasteiger partial charge < -0.3 is 10.1 Å². The highest BCUT2D eigenvalue weighted by Crippen LogP contribution is 2.19. The number of aryl methyl sites for hydroxylation is 2. The van der Waals surface area contributed by atoms with E-state index in [0.29, 0.717) is 6.42 Å². The molecule has 0 radical (unpaired) electrons. The van der Waals surface area contributed by atoms with E-state index in [9.17, 15) is 4.79 Å². The van der Waals surface area contributed by atoms with E-state index in [1.54, 1.807) is 0 Å². The van der Waals surface area contributed by atoms with E-state index < -0.39 is 6.10 Å². The van der Waals surface area contributed by atoms with Gasteiger partial charge in [-0.25, -0.2) is 0 Å². The largest absolute Gasteiger partial charge is 0.481 e. The minimum Gasteiger partial charge on any atom is -0.481 e. The standard InChI is InChI=1S/C21H27NO2/c1-5-19(17-12-10-15(3)11-13-17)22-21(23)20(6-2)24-18-9-7-8-16(4)14-18/h7-14,19-20H,5-6H2,1-4H3,(H,22,23). The monoisotopic (exact) mass is 325 g/mol. The summed E-state index contributed by atoms with van der Waals surface area (Å²) in [6.07, 6.45) is 0.992. The van der Waals surface area contributed by atoms with Gasteiger partial charge in [0.05, 0.1) is 6.04 Å². The predicted octanol–water partition coefficient (Wildman–Crippen LogP) is 4.73. The van der Waals surface area contributed by atoms with Crippen molar-refractivity contribution in [1.29, 1.82) is 0 Å². The zero-order chi connectivity index (χ0) is 17.5. The Bertz CT molecular complexity index is 664. The average molecular weight is 325 g/mol. The maximum atomic E-state index is 12.6. The maximum Gasteiger partial charge on any atom is 0.261 e. The molecule has 3 nitrogen and oxygen atoms in total. The Morgan fingerprint density at radius 3 is 2.29 bits per heavy atom. The first-order valence-corrected chi connectivity index (χ1v) is 8.63. The third-order valence-electron chi connectivity index (χ3n) is 4.14. The molecule has 2 aromatic carbocycles. The van der Waals surface area contributed by atoms with E-state index in [-0.39, 0.29) is 11.9 Å². The first-order chi connectivity index (χ1) is 11.5. The van der Waals surface area contributed by atoms with Crippen LogP contribution in [0.25, 0.3) is 0 Å². The highest BCUT2D eigenvalue weighted by Gasteiger charge is 2.21. The molecule has 2 rings (SSSR count). The topological polar surface area (TPSA) is 38.3 Å². The van der Waals surface area contributed by atoms with E-state index in [1.807, 2.05) is 38.1 Å². The zero-order valence-electron chi connectivity index (χ0n) is 15.0. The zero-order valence-corrected chi connectivity index (χ0v) is 15.0. The molecule has 2 aromatic rings. The summed E-state index contributed by atoms with van der Waals surface area (Å²) in [5.74, 6) is 0.673. The Labute approximate surface area is 145 Å². The van der Waals surface area contributed by atoms with Gasteiger partial charge in [-0.3, -0.25) is 4.79 Å². The van der Waals surface area contributed by atoms with Crippen LogP contribution in [0.5, 0.6) is 5.75 Å². The van der Waals surface area contributed by atoms with Crippen molar-refractivity contribution in [2.24, 2.45) is 0 Å². The van der Waals surface area contributed by atoms with Crippen molar-refractivity contribution < 1.29 is 9.53 Å². The van der Waals surface area contributed by atoms with Crippen LogP contribution in [-0.4, -0.2) is 12.0 Å². The van der Waals surface area contributed by atoms with E-state index in [4.69, 9.17) is 4.74 Å². The molecule has 0 bridgehead atoms. The van der Waals surface area contributed by atoms with Crippen LogP contribution in [-0.2, 0) is 4.79 Å². The Kier molecular flexibility index (Phi) is 6.42. The van der Waals surface area contributed by atoms with Gasteiger partial charge in [0.1, 0.15) is 5.75 Å². The van der Waals surface area contributed by atoms with Crippen molar-refractivity contribution in [2.75, 3.05) is 0 Å². The van der Waals surface area contributed by atoms with Crippen molar-refractivity contribution in [1.82, 2.24) is 5.32 Å². The smallest absolute Gasteiger partial charge is 0.261 e. The van der Waals surface area contributed by atoms with Crippen LogP contribution in [0.1, 0.15) is 49.4 Å². The molecule has 0 spiro atoms. The summed E-state index contributed by atoms with van der Waals surface area (Å²) in [6, 6.07) is 16.1. The fourth-order valence-corrected chi connectivity index (χ4v) is 2.66. The van der Waals surface area contributed by atoms with Crippen LogP contribution in [0, 0.1) is 13.8 Å². The molecule has 128 valence electrons. The minimum atomic E-state index is -0.480. The molecule has 2 atom stereocenters. The Hall–Kier alpha value is -2.29. The van der Waals surface area contributed by atoms with Gasteiger partial charge in [0, 0.05) is 0 Å². The second kappa shape index (κ2) is 8.53. The molecule has 3 heteroatoms. The molecule has 0 aliphatic heterocycles. The number of rotatable bonds is 7. The molecule has 1 amide bonds. The molecular formula is C21H27NO2. The van der Waals surface area contributed by atoms with Gasteiger partial charge in [-0.2, -0.15) is 0 Å². The summed E-state index contributed by atoms with van der Waals surface area (Å²) in [7, 11) is 0. The Balaban J connectivity index is 2.05. The van der Waals surface area contributed by atoms with Crippen LogP contribution < -0.4 is 10.1 Å². The van der Waals surface area contributed by atoms with Gasteiger partial charge in [0.25, 0.3) is 5.91 Å². The fourth-order valence-electron chi connectivity index (χ4n) is 2.66. The van der Waals surface area contributed by atoms with E-state index >= 15 is 0 Å². The van der Waals surface area contributed by atoms with Crippen LogP contribution in [0.4, 0.5) is 0 Å². The Morgan fingerprint density at radius 1 is 1.00 bits per heavy atom.